The Morgan fingerprint density at radius 3 is 2.75 bits per heavy atom. The fourth-order valence-electron chi connectivity index (χ4n) is 3.27. The van der Waals surface area contributed by atoms with Crippen molar-refractivity contribution in [2.24, 2.45) is 17.3 Å². The molecule has 0 aromatic carbocycles. The monoisotopic (exact) mass is 270 g/mol. The average Bonchev–Trinajstić information content (AvgIpc) is 2.94. The second kappa shape index (κ2) is 5.67. The first-order valence-corrected chi connectivity index (χ1v) is 7.36. The molecule has 3 atom stereocenters. The summed E-state index contributed by atoms with van der Waals surface area (Å²) >= 11 is 0. The third kappa shape index (κ3) is 2.56. The Hall–Kier alpha value is -1.81. The molecule has 2 rings (SSSR count). The van der Waals surface area contributed by atoms with E-state index in [2.05, 4.69) is 37.9 Å². The molecule has 1 aliphatic rings. The van der Waals surface area contributed by atoms with E-state index in [4.69, 9.17) is 5.26 Å². The van der Waals surface area contributed by atoms with Crippen LogP contribution in [0.5, 0.6) is 0 Å². The van der Waals surface area contributed by atoms with Crippen LogP contribution < -0.4 is 0 Å². The standard InChI is InChI=1S/C16H22N4/c1-4-16(2,3)13-6-5-12(10-17)14(9-13)20-8-7-19-15(20)11-18/h7-8,12-14H,4-6,9H2,1-3H3. The maximum Gasteiger partial charge on any atom is 0.213 e. The summed E-state index contributed by atoms with van der Waals surface area (Å²) in [5.74, 6) is 1.00. The maximum absolute atomic E-state index is 9.40. The Balaban J connectivity index is 2.29. The van der Waals surface area contributed by atoms with Gasteiger partial charge in [-0.25, -0.2) is 4.98 Å². The molecule has 20 heavy (non-hydrogen) atoms. The highest BCUT2D eigenvalue weighted by molar-refractivity contribution is 5.14. The summed E-state index contributed by atoms with van der Waals surface area (Å²) in [6, 6.07) is 4.64. The first-order chi connectivity index (χ1) is 9.53. The zero-order valence-corrected chi connectivity index (χ0v) is 12.5. The van der Waals surface area contributed by atoms with Gasteiger partial charge in [-0.1, -0.05) is 27.2 Å². The fraction of sp³-hybridized carbons (Fsp3) is 0.688. The number of hydrogen-bond acceptors (Lipinski definition) is 3. The number of nitrogens with zero attached hydrogens (tertiary/aromatic N) is 4. The molecule has 0 spiro atoms. The highest BCUT2D eigenvalue weighted by atomic mass is 15.1. The second-order valence-corrected chi connectivity index (χ2v) is 6.42. The van der Waals surface area contributed by atoms with Crippen LogP contribution in [0.4, 0.5) is 0 Å². The van der Waals surface area contributed by atoms with Crippen molar-refractivity contribution in [2.75, 3.05) is 0 Å². The lowest BCUT2D eigenvalue weighted by molar-refractivity contribution is 0.104. The number of hydrogen-bond donors (Lipinski definition) is 0. The lowest BCUT2D eigenvalue weighted by Crippen LogP contribution is -2.34. The second-order valence-electron chi connectivity index (χ2n) is 6.42. The predicted molar refractivity (Wildman–Crippen MR) is 76.5 cm³/mol. The van der Waals surface area contributed by atoms with Crippen LogP contribution in [0.1, 0.15) is 58.3 Å². The van der Waals surface area contributed by atoms with Gasteiger partial charge >= 0.3 is 0 Å². The van der Waals surface area contributed by atoms with E-state index in [1.54, 1.807) is 6.20 Å². The molecule has 4 nitrogen and oxygen atoms in total. The smallest absolute Gasteiger partial charge is 0.213 e. The Bertz CT molecular complexity index is 544. The van der Waals surface area contributed by atoms with Gasteiger partial charge in [-0.05, 0) is 30.6 Å². The van der Waals surface area contributed by atoms with Gasteiger partial charge in [-0.2, -0.15) is 10.5 Å². The molecule has 0 aliphatic heterocycles. The van der Waals surface area contributed by atoms with Crippen LogP contribution >= 0.6 is 0 Å². The molecule has 3 unspecified atom stereocenters. The van der Waals surface area contributed by atoms with Crippen LogP contribution in [0.15, 0.2) is 12.4 Å². The minimum atomic E-state index is -0.0137. The van der Waals surface area contributed by atoms with E-state index in [0.29, 0.717) is 11.7 Å². The van der Waals surface area contributed by atoms with Crippen LogP contribution in [-0.4, -0.2) is 9.55 Å². The molecular formula is C16H22N4. The summed E-state index contributed by atoms with van der Waals surface area (Å²) < 4.78 is 1.91. The summed E-state index contributed by atoms with van der Waals surface area (Å²) in [5.41, 5.74) is 0.284. The zero-order chi connectivity index (χ0) is 14.8. The molecule has 0 saturated heterocycles. The van der Waals surface area contributed by atoms with Gasteiger partial charge in [-0.15, -0.1) is 0 Å². The Morgan fingerprint density at radius 2 is 2.15 bits per heavy atom. The normalized spacial score (nSPS) is 26.8. The minimum absolute atomic E-state index is 0.0137. The first-order valence-electron chi connectivity index (χ1n) is 7.36. The van der Waals surface area contributed by atoms with E-state index in [-0.39, 0.29) is 17.4 Å². The van der Waals surface area contributed by atoms with Crippen LogP contribution in [0.2, 0.25) is 0 Å². The van der Waals surface area contributed by atoms with Gasteiger partial charge in [0.2, 0.25) is 5.82 Å². The molecule has 1 fully saturated rings. The highest BCUT2D eigenvalue weighted by Crippen LogP contribution is 2.46. The van der Waals surface area contributed by atoms with Gasteiger partial charge in [-0.3, -0.25) is 0 Å². The summed E-state index contributed by atoms with van der Waals surface area (Å²) in [5, 5.41) is 18.6. The van der Waals surface area contributed by atoms with Crippen molar-refractivity contribution in [3.05, 3.63) is 18.2 Å². The van der Waals surface area contributed by atoms with E-state index >= 15 is 0 Å². The van der Waals surface area contributed by atoms with Crippen LogP contribution in [0.25, 0.3) is 0 Å². The molecule has 0 radical (unpaired) electrons. The van der Waals surface area contributed by atoms with Gasteiger partial charge in [0.05, 0.1) is 18.0 Å². The molecule has 1 aromatic heterocycles. The minimum Gasteiger partial charge on any atom is -0.318 e. The molecule has 1 saturated carbocycles. The van der Waals surface area contributed by atoms with Gasteiger partial charge in [0.25, 0.3) is 0 Å². The van der Waals surface area contributed by atoms with E-state index < -0.39 is 0 Å². The number of nitriles is 2. The molecule has 0 bridgehead atoms. The topological polar surface area (TPSA) is 65.4 Å². The third-order valence-electron chi connectivity index (χ3n) is 5.12. The van der Waals surface area contributed by atoms with Crippen molar-refractivity contribution >= 4 is 0 Å². The summed E-state index contributed by atoms with van der Waals surface area (Å²) in [6.07, 6.45) is 7.61. The van der Waals surface area contributed by atoms with E-state index in [1.165, 1.54) is 0 Å². The maximum atomic E-state index is 9.40. The molecule has 1 heterocycles. The van der Waals surface area contributed by atoms with Gasteiger partial charge < -0.3 is 4.57 Å². The van der Waals surface area contributed by atoms with Crippen LogP contribution in [0.3, 0.4) is 0 Å². The third-order valence-corrected chi connectivity index (χ3v) is 5.12. The van der Waals surface area contributed by atoms with E-state index in [9.17, 15) is 5.26 Å². The van der Waals surface area contributed by atoms with Crippen molar-refractivity contribution in [1.29, 1.82) is 10.5 Å². The van der Waals surface area contributed by atoms with Crippen molar-refractivity contribution in [3.8, 4) is 12.1 Å². The van der Waals surface area contributed by atoms with Crippen LogP contribution in [0, 0.1) is 39.9 Å². The lowest BCUT2D eigenvalue weighted by atomic mass is 9.66. The number of rotatable bonds is 3. The van der Waals surface area contributed by atoms with Crippen molar-refractivity contribution in [2.45, 2.75) is 52.5 Å². The molecule has 0 amide bonds. The van der Waals surface area contributed by atoms with Crippen LogP contribution in [-0.2, 0) is 0 Å². The summed E-state index contributed by atoms with van der Waals surface area (Å²) in [6.45, 7) is 6.84. The predicted octanol–water partition coefficient (Wildman–Crippen LogP) is 3.67. The lowest BCUT2D eigenvalue weighted by Gasteiger charge is -2.41. The molecule has 1 aromatic rings. The van der Waals surface area contributed by atoms with Gasteiger partial charge in [0.15, 0.2) is 0 Å². The van der Waals surface area contributed by atoms with E-state index in [0.717, 1.165) is 25.7 Å². The zero-order valence-electron chi connectivity index (χ0n) is 12.5. The Morgan fingerprint density at radius 1 is 1.40 bits per heavy atom. The van der Waals surface area contributed by atoms with Crippen molar-refractivity contribution < 1.29 is 0 Å². The molecular weight excluding hydrogens is 248 g/mol. The summed E-state index contributed by atoms with van der Waals surface area (Å²) in [4.78, 5) is 4.08. The van der Waals surface area contributed by atoms with Crippen molar-refractivity contribution in [3.63, 3.8) is 0 Å². The average molecular weight is 270 g/mol. The first kappa shape index (κ1) is 14.6. The summed E-state index contributed by atoms with van der Waals surface area (Å²) in [7, 11) is 0. The molecule has 1 aliphatic carbocycles. The molecule has 0 N–H and O–H groups in total. The number of aromatic nitrogens is 2. The quantitative estimate of drug-likeness (QED) is 0.841. The highest BCUT2D eigenvalue weighted by Gasteiger charge is 2.38. The van der Waals surface area contributed by atoms with E-state index in [1.807, 2.05) is 10.8 Å². The SMILES string of the molecule is CCC(C)(C)C1CCC(C#N)C(n2ccnc2C#N)C1. The Kier molecular flexibility index (Phi) is 4.14. The Labute approximate surface area is 121 Å². The van der Waals surface area contributed by atoms with Gasteiger partial charge in [0.1, 0.15) is 6.07 Å². The van der Waals surface area contributed by atoms with Crippen molar-refractivity contribution in [1.82, 2.24) is 9.55 Å². The largest absolute Gasteiger partial charge is 0.318 e. The molecule has 4 heteroatoms. The molecule has 106 valence electrons. The van der Waals surface area contributed by atoms with Gasteiger partial charge in [0, 0.05) is 12.4 Å². The number of imidazole rings is 1. The fourth-order valence-corrected chi connectivity index (χ4v) is 3.27.